The standard InChI is InChI=1S/C30H41N3O5/c1-20(2)32(21(3)4)18-16-31-28(35)27-26-14-13-25(37-24-11-9-8-10-12-24)19-23(26)15-17-33(27)29(36)38-30(6,7)22(5)34/h8-14,19-21,27H,15-18H2,1-7H3,(H,31,35). The highest BCUT2D eigenvalue weighted by Crippen LogP contribution is 2.35. The van der Waals surface area contributed by atoms with Gasteiger partial charge in [0.25, 0.3) is 0 Å². The summed E-state index contributed by atoms with van der Waals surface area (Å²) >= 11 is 0. The van der Waals surface area contributed by atoms with Crippen molar-refractivity contribution < 1.29 is 23.9 Å². The minimum absolute atomic E-state index is 0.269. The first-order chi connectivity index (χ1) is 17.9. The van der Waals surface area contributed by atoms with Crippen molar-refractivity contribution in [3.05, 3.63) is 59.7 Å². The molecule has 1 unspecified atom stereocenters. The van der Waals surface area contributed by atoms with E-state index < -0.39 is 17.7 Å². The molecule has 0 aromatic heterocycles. The number of carbonyl (C=O) groups is 3. The van der Waals surface area contributed by atoms with Gasteiger partial charge in [-0.15, -0.1) is 0 Å². The summed E-state index contributed by atoms with van der Waals surface area (Å²) in [6.07, 6.45) is -0.165. The number of hydrogen-bond acceptors (Lipinski definition) is 6. The van der Waals surface area contributed by atoms with Crippen LogP contribution in [-0.4, -0.2) is 64.9 Å². The molecule has 0 aliphatic carbocycles. The van der Waals surface area contributed by atoms with Crippen molar-refractivity contribution >= 4 is 17.8 Å². The van der Waals surface area contributed by atoms with E-state index in [0.29, 0.717) is 43.1 Å². The van der Waals surface area contributed by atoms with Crippen LogP contribution in [0.25, 0.3) is 0 Å². The minimum atomic E-state index is -1.29. The smallest absolute Gasteiger partial charge is 0.411 e. The number of benzene rings is 2. The molecule has 0 radical (unpaired) electrons. The Balaban J connectivity index is 1.86. The quantitative estimate of drug-likeness (QED) is 0.465. The second-order valence-electron chi connectivity index (χ2n) is 10.8. The number of nitrogens with zero attached hydrogens (tertiary/aromatic N) is 2. The van der Waals surface area contributed by atoms with Crippen LogP contribution >= 0.6 is 0 Å². The number of para-hydroxylation sites is 1. The Bertz CT molecular complexity index is 1120. The summed E-state index contributed by atoms with van der Waals surface area (Å²) in [6, 6.07) is 14.8. The van der Waals surface area contributed by atoms with E-state index in [0.717, 1.165) is 11.1 Å². The third-order valence-electron chi connectivity index (χ3n) is 6.99. The first kappa shape index (κ1) is 29.2. The largest absolute Gasteiger partial charge is 0.457 e. The number of ketones is 1. The number of fused-ring (bicyclic) bond motifs is 1. The van der Waals surface area contributed by atoms with Crippen molar-refractivity contribution in [3.8, 4) is 11.5 Å². The predicted molar refractivity (Wildman–Crippen MR) is 147 cm³/mol. The van der Waals surface area contributed by atoms with Crippen LogP contribution in [-0.2, 0) is 20.7 Å². The number of hydrogen-bond donors (Lipinski definition) is 1. The highest BCUT2D eigenvalue weighted by atomic mass is 16.6. The van der Waals surface area contributed by atoms with E-state index in [4.69, 9.17) is 9.47 Å². The van der Waals surface area contributed by atoms with Gasteiger partial charge in [-0.2, -0.15) is 0 Å². The van der Waals surface area contributed by atoms with E-state index in [1.165, 1.54) is 11.8 Å². The molecule has 2 aromatic carbocycles. The third-order valence-corrected chi connectivity index (χ3v) is 6.99. The first-order valence-corrected chi connectivity index (χ1v) is 13.3. The molecular weight excluding hydrogens is 482 g/mol. The number of ether oxygens (including phenoxy) is 2. The molecule has 1 heterocycles. The number of rotatable bonds is 10. The predicted octanol–water partition coefficient (Wildman–Crippen LogP) is 5.12. The number of Topliss-reactive ketones (excluding diaryl/α,β-unsaturated/α-hetero) is 1. The number of nitrogens with one attached hydrogen (secondary N) is 1. The summed E-state index contributed by atoms with van der Waals surface area (Å²) in [5.74, 6) is 0.823. The van der Waals surface area contributed by atoms with Gasteiger partial charge >= 0.3 is 6.09 Å². The molecule has 206 valence electrons. The first-order valence-electron chi connectivity index (χ1n) is 13.3. The van der Waals surface area contributed by atoms with Gasteiger partial charge < -0.3 is 14.8 Å². The van der Waals surface area contributed by atoms with Crippen molar-refractivity contribution in [1.82, 2.24) is 15.1 Å². The van der Waals surface area contributed by atoms with E-state index in [1.807, 2.05) is 42.5 Å². The summed E-state index contributed by atoms with van der Waals surface area (Å²) in [6.45, 7) is 14.4. The van der Waals surface area contributed by atoms with Gasteiger partial charge in [-0.05, 0) is 90.3 Å². The molecule has 1 aliphatic heterocycles. The second-order valence-corrected chi connectivity index (χ2v) is 10.8. The molecule has 1 N–H and O–H groups in total. The fourth-order valence-electron chi connectivity index (χ4n) is 4.64. The molecule has 0 spiro atoms. The SMILES string of the molecule is CC(=O)C(C)(C)OC(=O)N1CCc2cc(Oc3ccccc3)ccc2C1C(=O)NCCN(C(C)C)C(C)C. The Kier molecular flexibility index (Phi) is 9.55. The zero-order chi connectivity index (χ0) is 28.0. The third kappa shape index (κ3) is 7.13. The summed E-state index contributed by atoms with van der Waals surface area (Å²) in [7, 11) is 0. The van der Waals surface area contributed by atoms with Crippen LogP contribution in [0.15, 0.2) is 48.5 Å². The molecule has 2 aromatic rings. The van der Waals surface area contributed by atoms with Gasteiger partial charge in [-0.3, -0.25) is 19.4 Å². The van der Waals surface area contributed by atoms with Crippen LogP contribution in [0.1, 0.15) is 65.6 Å². The molecule has 0 saturated carbocycles. The van der Waals surface area contributed by atoms with Gasteiger partial charge in [-0.1, -0.05) is 24.3 Å². The van der Waals surface area contributed by atoms with Crippen molar-refractivity contribution in [3.63, 3.8) is 0 Å². The molecule has 0 saturated heterocycles. The highest BCUT2D eigenvalue weighted by molar-refractivity contribution is 5.90. The van der Waals surface area contributed by atoms with E-state index in [1.54, 1.807) is 19.9 Å². The molecule has 0 fully saturated rings. The van der Waals surface area contributed by atoms with Gasteiger partial charge in [-0.25, -0.2) is 4.79 Å². The van der Waals surface area contributed by atoms with Gasteiger partial charge in [0.2, 0.25) is 5.91 Å². The molecule has 3 rings (SSSR count). The summed E-state index contributed by atoms with van der Waals surface area (Å²) < 4.78 is 11.6. The molecule has 1 atom stereocenters. The van der Waals surface area contributed by atoms with Crippen molar-refractivity contribution in [2.45, 2.75) is 78.6 Å². The Morgan fingerprint density at radius 1 is 1.03 bits per heavy atom. The van der Waals surface area contributed by atoms with Crippen LogP contribution in [0.3, 0.4) is 0 Å². The lowest BCUT2D eigenvalue weighted by atomic mass is 9.92. The second kappa shape index (κ2) is 12.4. The summed E-state index contributed by atoms with van der Waals surface area (Å²) in [5.41, 5.74) is 0.358. The topological polar surface area (TPSA) is 88.2 Å². The molecule has 0 bridgehead atoms. The van der Waals surface area contributed by atoms with E-state index in [9.17, 15) is 14.4 Å². The fourth-order valence-corrected chi connectivity index (χ4v) is 4.64. The van der Waals surface area contributed by atoms with E-state index in [-0.39, 0.29) is 18.2 Å². The lowest BCUT2D eigenvalue weighted by molar-refractivity contribution is -0.134. The highest BCUT2D eigenvalue weighted by Gasteiger charge is 2.40. The minimum Gasteiger partial charge on any atom is -0.457 e. The Morgan fingerprint density at radius 2 is 1.68 bits per heavy atom. The van der Waals surface area contributed by atoms with Crippen LogP contribution in [0.4, 0.5) is 4.79 Å². The van der Waals surface area contributed by atoms with Gasteiger partial charge in [0.15, 0.2) is 11.4 Å². The maximum atomic E-state index is 13.6. The van der Waals surface area contributed by atoms with Crippen LogP contribution in [0.5, 0.6) is 11.5 Å². The molecule has 1 aliphatic rings. The maximum Gasteiger partial charge on any atom is 0.411 e. The van der Waals surface area contributed by atoms with Crippen LogP contribution in [0, 0.1) is 0 Å². The zero-order valence-corrected chi connectivity index (χ0v) is 23.6. The zero-order valence-electron chi connectivity index (χ0n) is 23.6. The number of carbonyl (C=O) groups excluding carboxylic acids is 3. The molecular formula is C30H41N3O5. The Morgan fingerprint density at radius 3 is 2.29 bits per heavy atom. The van der Waals surface area contributed by atoms with Gasteiger partial charge in [0.05, 0.1) is 0 Å². The normalized spacial score (nSPS) is 15.4. The van der Waals surface area contributed by atoms with Gasteiger partial charge in [0, 0.05) is 31.7 Å². The van der Waals surface area contributed by atoms with Gasteiger partial charge in [0.1, 0.15) is 17.5 Å². The Hall–Kier alpha value is -3.39. The molecule has 2 amide bonds. The number of amides is 2. The maximum absolute atomic E-state index is 13.6. The summed E-state index contributed by atoms with van der Waals surface area (Å²) in [5, 5.41) is 3.03. The lowest BCUT2D eigenvalue weighted by Crippen LogP contribution is -2.51. The Labute approximate surface area is 226 Å². The van der Waals surface area contributed by atoms with Crippen LogP contribution in [0.2, 0.25) is 0 Å². The summed E-state index contributed by atoms with van der Waals surface area (Å²) in [4.78, 5) is 42.6. The lowest BCUT2D eigenvalue weighted by Gasteiger charge is -2.37. The fraction of sp³-hybridized carbons (Fsp3) is 0.500. The van der Waals surface area contributed by atoms with E-state index in [2.05, 4.69) is 37.9 Å². The molecule has 8 heteroatoms. The van der Waals surface area contributed by atoms with Crippen LogP contribution < -0.4 is 10.1 Å². The molecule has 38 heavy (non-hydrogen) atoms. The van der Waals surface area contributed by atoms with E-state index >= 15 is 0 Å². The van der Waals surface area contributed by atoms with Crippen molar-refractivity contribution in [2.75, 3.05) is 19.6 Å². The monoisotopic (exact) mass is 523 g/mol. The van der Waals surface area contributed by atoms with Crippen molar-refractivity contribution in [2.24, 2.45) is 0 Å². The average molecular weight is 524 g/mol. The average Bonchev–Trinajstić information content (AvgIpc) is 2.85. The van der Waals surface area contributed by atoms with Crippen molar-refractivity contribution in [1.29, 1.82) is 0 Å². The molecule has 8 nitrogen and oxygen atoms in total.